The first-order chi connectivity index (χ1) is 9.69. The highest BCUT2D eigenvalue weighted by Crippen LogP contribution is 2.21. The van der Waals surface area contributed by atoms with Crippen LogP contribution in [-0.4, -0.2) is 6.61 Å². The molecule has 0 saturated heterocycles. The SMILES string of the molecule is C#Cc1cccc(NCc2ccccc2OC(F)F)c1. The zero-order valence-electron chi connectivity index (χ0n) is 10.6. The summed E-state index contributed by atoms with van der Waals surface area (Å²) in [4.78, 5) is 0. The number of halogens is 2. The summed E-state index contributed by atoms with van der Waals surface area (Å²) in [6, 6.07) is 14.0. The highest BCUT2D eigenvalue weighted by molar-refractivity contribution is 5.50. The Bertz CT molecular complexity index is 620. The quantitative estimate of drug-likeness (QED) is 0.835. The third-order valence-electron chi connectivity index (χ3n) is 2.70. The molecule has 0 unspecified atom stereocenters. The average Bonchev–Trinajstić information content (AvgIpc) is 2.46. The van der Waals surface area contributed by atoms with E-state index in [1.165, 1.54) is 6.07 Å². The van der Waals surface area contributed by atoms with Crippen molar-refractivity contribution in [1.29, 1.82) is 0 Å². The molecule has 0 aromatic heterocycles. The second-order valence-electron chi connectivity index (χ2n) is 4.06. The van der Waals surface area contributed by atoms with Crippen LogP contribution in [-0.2, 0) is 6.54 Å². The first-order valence-corrected chi connectivity index (χ1v) is 6.02. The molecule has 0 amide bonds. The molecule has 0 aliphatic carbocycles. The van der Waals surface area contributed by atoms with E-state index in [4.69, 9.17) is 6.42 Å². The van der Waals surface area contributed by atoms with Gasteiger partial charge >= 0.3 is 6.61 Å². The van der Waals surface area contributed by atoms with Crippen LogP contribution in [0.1, 0.15) is 11.1 Å². The van der Waals surface area contributed by atoms with Gasteiger partial charge in [-0.25, -0.2) is 0 Å². The monoisotopic (exact) mass is 273 g/mol. The first-order valence-electron chi connectivity index (χ1n) is 6.02. The lowest BCUT2D eigenvalue weighted by atomic mass is 10.1. The lowest BCUT2D eigenvalue weighted by molar-refractivity contribution is -0.0504. The van der Waals surface area contributed by atoms with Gasteiger partial charge in [0.25, 0.3) is 0 Å². The average molecular weight is 273 g/mol. The molecule has 0 atom stereocenters. The van der Waals surface area contributed by atoms with Crippen LogP contribution in [0.5, 0.6) is 5.75 Å². The van der Waals surface area contributed by atoms with Gasteiger partial charge in [-0.3, -0.25) is 0 Å². The fourth-order valence-electron chi connectivity index (χ4n) is 1.78. The van der Waals surface area contributed by atoms with Crippen molar-refractivity contribution in [3.05, 3.63) is 59.7 Å². The lowest BCUT2D eigenvalue weighted by Crippen LogP contribution is -2.07. The van der Waals surface area contributed by atoms with Gasteiger partial charge in [-0.1, -0.05) is 30.2 Å². The number of ether oxygens (including phenoxy) is 1. The van der Waals surface area contributed by atoms with Crippen LogP contribution in [0.2, 0.25) is 0 Å². The highest BCUT2D eigenvalue weighted by Gasteiger charge is 2.08. The number of benzene rings is 2. The summed E-state index contributed by atoms with van der Waals surface area (Å²) >= 11 is 0. The zero-order chi connectivity index (χ0) is 14.4. The minimum absolute atomic E-state index is 0.170. The molecule has 2 aromatic carbocycles. The van der Waals surface area contributed by atoms with Crippen molar-refractivity contribution < 1.29 is 13.5 Å². The van der Waals surface area contributed by atoms with Crippen molar-refractivity contribution in [3.8, 4) is 18.1 Å². The van der Waals surface area contributed by atoms with Crippen molar-refractivity contribution >= 4 is 5.69 Å². The molecule has 0 aliphatic heterocycles. The number of terminal acetylenes is 1. The van der Waals surface area contributed by atoms with E-state index in [9.17, 15) is 8.78 Å². The second-order valence-corrected chi connectivity index (χ2v) is 4.06. The number of nitrogens with one attached hydrogen (secondary N) is 1. The molecule has 2 aromatic rings. The number of hydrogen-bond donors (Lipinski definition) is 1. The van der Waals surface area contributed by atoms with Crippen molar-refractivity contribution in [3.63, 3.8) is 0 Å². The van der Waals surface area contributed by atoms with E-state index in [1.54, 1.807) is 18.2 Å². The Balaban J connectivity index is 2.09. The summed E-state index contributed by atoms with van der Waals surface area (Å²) < 4.78 is 29.1. The molecule has 0 fully saturated rings. The Hall–Kier alpha value is -2.54. The highest BCUT2D eigenvalue weighted by atomic mass is 19.3. The van der Waals surface area contributed by atoms with E-state index in [-0.39, 0.29) is 5.75 Å². The van der Waals surface area contributed by atoms with Crippen LogP contribution < -0.4 is 10.1 Å². The Kier molecular flexibility index (Phi) is 4.56. The molecule has 1 N–H and O–H groups in total. The van der Waals surface area contributed by atoms with E-state index in [0.29, 0.717) is 12.1 Å². The van der Waals surface area contributed by atoms with Crippen LogP contribution in [0.25, 0.3) is 0 Å². The van der Waals surface area contributed by atoms with Gasteiger partial charge < -0.3 is 10.1 Å². The van der Waals surface area contributed by atoms with Crippen molar-refractivity contribution in [2.45, 2.75) is 13.2 Å². The van der Waals surface area contributed by atoms with Crippen molar-refractivity contribution in [2.24, 2.45) is 0 Å². The molecule has 2 nitrogen and oxygen atoms in total. The summed E-state index contributed by atoms with van der Waals surface area (Å²) in [5, 5.41) is 3.13. The van der Waals surface area contributed by atoms with Crippen LogP contribution in [0.15, 0.2) is 48.5 Å². The summed E-state index contributed by atoms with van der Waals surface area (Å²) in [5.41, 5.74) is 2.23. The van der Waals surface area contributed by atoms with Gasteiger partial charge in [-0.15, -0.1) is 6.42 Å². The Labute approximate surface area is 116 Å². The summed E-state index contributed by atoms with van der Waals surface area (Å²) in [5.74, 6) is 2.71. The summed E-state index contributed by atoms with van der Waals surface area (Å²) in [7, 11) is 0. The van der Waals surface area contributed by atoms with E-state index >= 15 is 0 Å². The van der Waals surface area contributed by atoms with Gasteiger partial charge in [0.15, 0.2) is 0 Å². The molecular weight excluding hydrogens is 260 g/mol. The van der Waals surface area contributed by atoms with Gasteiger partial charge in [0, 0.05) is 23.4 Å². The molecule has 0 heterocycles. The molecule has 0 bridgehead atoms. The number of anilines is 1. The maximum absolute atomic E-state index is 12.3. The van der Waals surface area contributed by atoms with Gasteiger partial charge in [0.05, 0.1) is 0 Å². The molecule has 0 saturated carbocycles. The largest absolute Gasteiger partial charge is 0.434 e. The minimum Gasteiger partial charge on any atom is -0.434 e. The molecule has 102 valence electrons. The number of rotatable bonds is 5. The fraction of sp³-hybridized carbons (Fsp3) is 0.125. The maximum Gasteiger partial charge on any atom is 0.387 e. The van der Waals surface area contributed by atoms with Gasteiger partial charge in [0.2, 0.25) is 0 Å². The molecule has 4 heteroatoms. The number of alkyl halides is 2. The maximum atomic E-state index is 12.3. The Morgan fingerprint density at radius 3 is 2.70 bits per heavy atom. The third kappa shape index (κ3) is 3.72. The van der Waals surface area contributed by atoms with Gasteiger partial charge in [0.1, 0.15) is 5.75 Å². The predicted molar refractivity (Wildman–Crippen MR) is 74.8 cm³/mol. The standard InChI is InChI=1S/C16H13F2NO/c1-2-12-6-5-8-14(10-12)19-11-13-7-3-4-9-15(13)20-16(17)18/h1,3-10,16,19H,11H2. The second kappa shape index (κ2) is 6.58. The Morgan fingerprint density at radius 2 is 1.95 bits per heavy atom. The van der Waals surface area contributed by atoms with E-state index in [0.717, 1.165) is 11.3 Å². The fourth-order valence-corrected chi connectivity index (χ4v) is 1.78. The van der Waals surface area contributed by atoms with Crippen molar-refractivity contribution in [2.75, 3.05) is 5.32 Å². The minimum atomic E-state index is -2.83. The molecule has 2 rings (SSSR count). The smallest absolute Gasteiger partial charge is 0.387 e. The topological polar surface area (TPSA) is 21.3 Å². The molecule has 0 spiro atoms. The molecule has 20 heavy (non-hydrogen) atoms. The molecule has 0 radical (unpaired) electrons. The van der Waals surface area contributed by atoms with Gasteiger partial charge in [-0.05, 0) is 24.3 Å². The third-order valence-corrected chi connectivity index (χ3v) is 2.70. The summed E-state index contributed by atoms with van der Waals surface area (Å²) in [6.45, 7) is -2.46. The number of para-hydroxylation sites is 1. The van der Waals surface area contributed by atoms with Crippen molar-refractivity contribution in [1.82, 2.24) is 0 Å². The van der Waals surface area contributed by atoms with Crippen LogP contribution in [0, 0.1) is 12.3 Å². The van der Waals surface area contributed by atoms with E-state index < -0.39 is 6.61 Å². The van der Waals surface area contributed by atoms with E-state index in [1.807, 2.05) is 24.3 Å². The van der Waals surface area contributed by atoms with Crippen LogP contribution in [0.3, 0.4) is 0 Å². The Morgan fingerprint density at radius 1 is 1.15 bits per heavy atom. The van der Waals surface area contributed by atoms with Gasteiger partial charge in [-0.2, -0.15) is 8.78 Å². The summed E-state index contributed by atoms with van der Waals surface area (Å²) in [6.07, 6.45) is 5.32. The number of hydrogen-bond acceptors (Lipinski definition) is 2. The molecule has 0 aliphatic rings. The van der Waals surface area contributed by atoms with Crippen LogP contribution >= 0.6 is 0 Å². The lowest BCUT2D eigenvalue weighted by Gasteiger charge is -2.12. The normalized spacial score (nSPS) is 10.1. The first kappa shape index (κ1) is 13.9. The van der Waals surface area contributed by atoms with E-state index in [2.05, 4.69) is 16.0 Å². The predicted octanol–water partition coefficient (Wildman–Crippen LogP) is 3.88. The van der Waals surface area contributed by atoms with Crippen LogP contribution in [0.4, 0.5) is 14.5 Å². The zero-order valence-corrected chi connectivity index (χ0v) is 10.6. The molecular formula is C16H13F2NO.